The van der Waals surface area contributed by atoms with Crippen LogP contribution in [-0.2, 0) is 30.4 Å². The lowest BCUT2D eigenvalue weighted by atomic mass is 10.0. The summed E-state index contributed by atoms with van der Waals surface area (Å²) in [4.78, 5) is 64.1. The number of aliphatic carboxylic acids is 2. The van der Waals surface area contributed by atoms with E-state index >= 15 is 0 Å². The normalized spacial score (nSPS) is 16.0. The van der Waals surface area contributed by atoms with Gasteiger partial charge in [-0.05, 0) is 25.5 Å². The van der Waals surface area contributed by atoms with E-state index in [1.165, 1.54) is 6.92 Å². The van der Waals surface area contributed by atoms with E-state index in [4.69, 9.17) is 5.73 Å². The highest BCUT2D eigenvalue weighted by Gasteiger charge is 2.33. The number of carboxylic acid groups (broad SMARTS) is 2. The number of fused-ring (bicyclic) bond motifs is 1. The zero-order chi connectivity index (χ0) is 27.9. The topological polar surface area (TPSA) is 244 Å². The molecule has 0 radical (unpaired) electrons. The van der Waals surface area contributed by atoms with Crippen molar-refractivity contribution >= 4 is 40.6 Å². The fraction of sp³-hybridized carbons (Fsp3) is 0.435. The van der Waals surface area contributed by atoms with Crippen LogP contribution < -0.4 is 21.7 Å². The monoisotopic (exact) mass is 521 g/mol. The van der Waals surface area contributed by atoms with Gasteiger partial charge in [0.05, 0.1) is 18.6 Å². The summed E-state index contributed by atoms with van der Waals surface area (Å²) in [5, 5.41) is 45.2. The van der Waals surface area contributed by atoms with Gasteiger partial charge in [0, 0.05) is 23.5 Å². The lowest BCUT2D eigenvalue weighted by Crippen LogP contribution is -2.59. The summed E-state index contributed by atoms with van der Waals surface area (Å²) in [6.45, 7) is 2.40. The Kier molecular flexibility index (Phi) is 10.1. The fourth-order valence-electron chi connectivity index (χ4n) is 3.52. The van der Waals surface area contributed by atoms with E-state index in [1.54, 1.807) is 30.5 Å². The smallest absolute Gasteiger partial charge is 0.328 e. The number of aromatic nitrogens is 1. The van der Waals surface area contributed by atoms with E-state index in [1.807, 2.05) is 0 Å². The van der Waals surface area contributed by atoms with Crippen LogP contribution in [0.1, 0.15) is 25.8 Å². The number of para-hydroxylation sites is 1. The molecule has 0 saturated carbocycles. The van der Waals surface area contributed by atoms with Gasteiger partial charge in [-0.2, -0.15) is 0 Å². The Morgan fingerprint density at radius 1 is 0.892 bits per heavy atom. The van der Waals surface area contributed by atoms with Crippen LogP contribution in [0.2, 0.25) is 0 Å². The molecule has 1 aromatic heterocycles. The largest absolute Gasteiger partial charge is 0.481 e. The minimum atomic E-state index is -1.69. The summed E-state index contributed by atoms with van der Waals surface area (Å²) in [5.41, 5.74) is 6.87. The van der Waals surface area contributed by atoms with Crippen LogP contribution in [0.3, 0.4) is 0 Å². The molecule has 3 amide bonds. The van der Waals surface area contributed by atoms with Crippen LogP contribution in [0.15, 0.2) is 30.5 Å². The lowest BCUT2D eigenvalue weighted by molar-refractivity contribution is -0.145. The van der Waals surface area contributed by atoms with Crippen molar-refractivity contribution in [2.45, 2.75) is 63.1 Å². The number of aliphatic hydroxyl groups excluding tert-OH is 2. The fourth-order valence-corrected chi connectivity index (χ4v) is 3.52. The minimum Gasteiger partial charge on any atom is -0.481 e. The molecule has 14 heteroatoms. The molecule has 6 unspecified atom stereocenters. The highest BCUT2D eigenvalue weighted by molar-refractivity contribution is 5.96. The molecule has 37 heavy (non-hydrogen) atoms. The van der Waals surface area contributed by atoms with Gasteiger partial charge in [-0.1, -0.05) is 18.2 Å². The number of rotatable bonds is 13. The molecule has 0 spiro atoms. The van der Waals surface area contributed by atoms with Gasteiger partial charge in [-0.3, -0.25) is 19.2 Å². The summed E-state index contributed by atoms with van der Waals surface area (Å²) >= 11 is 0. The van der Waals surface area contributed by atoms with E-state index in [0.717, 1.165) is 17.8 Å². The van der Waals surface area contributed by atoms with Gasteiger partial charge in [0.15, 0.2) is 6.04 Å². The number of carboxylic acids is 2. The number of carbonyl (C=O) groups is 5. The zero-order valence-corrected chi connectivity index (χ0v) is 20.2. The molecule has 1 aromatic carbocycles. The van der Waals surface area contributed by atoms with Crippen molar-refractivity contribution in [3.8, 4) is 0 Å². The highest BCUT2D eigenvalue weighted by Crippen LogP contribution is 2.19. The molecule has 0 saturated heterocycles. The number of hydrogen-bond donors (Lipinski definition) is 9. The molecule has 1 heterocycles. The quantitative estimate of drug-likeness (QED) is 0.138. The molecule has 10 N–H and O–H groups in total. The molecule has 2 aromatic rings. The Morgan fingerprint density at radius 2 is 1.49 bits per heavy atom. The molecule has 2 rings (SSSR count). The minimum absolute atomic E-state index is 0.144. The molecule has 0 aliphatic rings. The molecule has 0 aliphatic carbocycles. The number of hydrogen-bond acceptors (Lipinski definition) is 8. The third-order valence-electron chi connectivity index (χ3n) is 5.61. The zero-order valence-electron chi connectivity index (χ0n) is 20.2. The van der Waals surface area contributed by atoms with E-state index in [0.29, 0.717) is 5.56 Å². The van der Waals surface area contributed by atoms with Gasteiger partial charge in [0.1, 0.15) is 18.1 Å². The summed E-state index contributed by atoms with van der Waals surface area (Å²) in [5.74, 6) is -5.97. The van der Waals surface area contributed by atoms with Crippen LogP contribution in [0, 0.1) is 0 Å². The summed E-state index contributed by atoms with van der Waals surface area (Å²) in [7, 11) is 0. The second kappa shape index (κ2) is 12.8. The van der Waals surface area contributed by atoms with Crippen molar-refractivity contribution < 1.29 is 44.4 Å². The Morgan fingerprint density at radius 3 is 2.05 bits per heavy atom. The van der Waals surface area contributed by atoms with E-state index in [9.17, 15) is 44.4 Å². The average Bonchev–Trinajstić information content (AvgIpc) is 3.22. The van der Waals surface area contributed by atoms with E-state index in [-0.39, 0.29) is 6.42 Å². The number of aromatic amines is 1. The Bertz CT molecular complexity index is 1150. The number of carbonyl (C=O) groups excluding carboxylic acids is 3. The predicted molar refractivity (Wildman–Crippen MR) is 129 cm³/mol. The van der Waals surface area contributed by atoms with Gasteiger partial charge in [0.25, 0.3) is 0 Å². The first-order valence-corrected chi connectivity index (χ1v) is 11.3. The van der Waals surface area contributed by atoms with Crippen LogP contribution in [0.4, 0.5) is 0 Å². The Balaban J connectivity index is 2.34. The van der Waals surface area contributed by atoms with Gasteiger partial charge < -0.3 is 47.1 Å². The SMILES string of the molecule is CC(O)C(N)C(=O)NC(CC(=O)O)C(=O)NC(Cc1c[nH]c2ccccc12)C(=O)NC(C(=O)O)C(C)O. The van der Waals surface area contributed by atoms with Gasteiger partial charge in [0.2, 0.25) is 17.7 Å². The van der Waals surface area contributed by atoms with Crippen molar-refractivity contribution in [3.05, 3.63) is 36.0 Å². The van der Waals surface area contributed by atoms with Crippen molar-refractivity contribution in [2.75, 3.05) is 0 Å². The van der Waals surface area contributed by atoms with Crippen LogP contribution in [-0.4, -0.2) is 91.4 Å². The van der Waals surface area contributed by atoms with Crippen LogP contribution in [0.5, 0.6) is 0 Å². The van der Waals surface area contributed by atoms with Crippen molar-refractivity contribution in [1.82, 2.24) is 20.9 Å². The Labute approximate surface area is 211 Å². The van der Waals surface area contributed by atoms with E-state index in [2.05, 4.69) is 20.9 Å². The molecule has 202 valence electrons. The van der Waals surface area contributed by atoms with E-state index < -0.39 is 72.5 Å². The first-order chi connectivity index (χ1) is 17.3. The molecule has 0 fully saturated rings. The maximum Gasteiger partial charge on any atom is 0.328 e. The predicted octanol–water partition coefficient (Wildman–Crippen LogP) is -2.19. The number of aliphatic hydroxyl groups is 2. The van der Waals surface area contributed by atoms with Crippen molar-refractivity contribution in [2.24, 2.45) is 5.73 Å². The summed E-state index contributed by atoms with van der Waals surface area (Å²) in [6.07, 6.45) is -2.17. The van der Waals surface area contributed by atoms with Crippen molar-refractivity contribution in [1.29, 1.82) is 0 Å². The Hall–Kier alpha value is -4.01. The average molecular weight is 522 g/mol. The first kappa shape index (κ1) is 29.2. The maximum absolute atomic E-state index is 13.1. The van der Waals surface area contributed by atoms with Gasteiger partial charge >= 0.3 is 11.9 Å². The molecule has 6 atom stereocenters. The molecule has 0 aliphatic heterocycles. The molecular formula is C23H31N5O9. The number of nitrogens with one attached hydrogen (secondary N) is 4. The van der Waals surface area contributed by atoms with Gasteiger partial charge in [-0.15, -0.1) is 0 Å². The summed E-state index contributed by atoms with van der Waals surface area (Å²) in [6, 6.07) is 0.857. The molecule has 14 nitrogen and oxygen atoms in total. The molecular weight excluding hydrogens is 490 g/mol. The number of benzene rings is 1. The first-order valence-electron chi connectivity index (χ1n) is 11.3. The number of amides is 3. The van der Waals surface area contributed by atoms with Crippen molar-refractivity contribution in [3.63, 3.8) is 0 Å². The van der Waals surface area contributed by atoms with Crippen LogP contribution in [0.25, 0.3) is 10.9 Å². The summed E-state index contributed by atoms with van der Waals surface area (Å²) < 4.78 is 0. The highest BCUT2D eigenvalue weighted by atomic mass is 16.4. The molecule has 0 bridgehead atoms. The van der Waals surface area contributed by atoms with Crippen LogP contribution >= 0.6 is 0 Å². The maximum atomic E-state index is 13.1. The second-order valence-corrected chi connectivity index (χ2v) is 8.62. The third kappa shape index (κ3) is 7.99. The number of H-pyrrole nitrogens is 1. The standard InChI is InChI=1S/C23H31N5O9/c1-10(29)18(24)22(35)27-16(8-17(31)32)20(33)26-15(21(34)28-19(11(2)30)23(36)37)7-12-9-25-14-6-4-3-5-13(12)14/h3-6,9-11,15-16,18-19,25,29-30H,7-8,24H2,1-2H3,(H,26,33)(H,27,35)(H,28,34)(H,31,32)(H,36,37). The second-order valence-electron chi connectivity index (χ2n) is 8.62. The lowest BCUT2D eigenvalue weighted by Gasteiger charge is -2.25. The number of nitrogens with two attached hydrogens (primary N) is 1. The van der Waals surface area contributed by atoms with Gasteiger partial charge in [-0.25, -0.2) is 4.79 Å². The third-order valence-corrected chi connectivity index (χ3v) is 5.61.